The Morgan fingerprint density at radius 3 is 1.93 bits per heavy atom. The number of nitrogens with zero attached hydrogens (tertiary/aromatic N) is 6. The summed E-state index contributed by atoms with van der Waals surface area (Å²) in [5, 5.41) is 5.08. The lowest BCUT2D eigenvalue weighted by atomic mass is 9.98. The summed E-state index contributed by atoms with van der Waals surface area (Å²) < 4.78 is 11.1. The molecule has 6 heterocycles. The first-order chi connectivity index (χ1) is 27.5. The largest absolute Gasteiger partial charge is 0.457 e. The van der Waals surface area contributed by atoms with Gasteiger partial charge in [-0.1, -0.05) is 78.4 Å². The number of ether oxygens (including phenoxy) is 1. The molecule has 0 atom stereocenters. The summed E-state index contributed by atoms with van der Waals surface area (Å²) in [4.78, 5) is 20.4. The Morgan fingerprint density at radius 2 is 1.18 bits per heavy atom. The molecule has 0 N–H and O–H groups in total. The maximum atomic E-state index is 6.76. The highest BCUT2D eigenvalue weighted by atomic mass is 16.5. The van der Waals surface area contributed by atoms with Gasteiger partial charge in [0.1, 0.15) is 28.4 Å². The number of benzene rings is 5. The molecule has 5 aromatic carbocycles. The fraction of sp³-hybridized carbons (Fsp3) is 0.0612. The van der Waals surface area contributed by atoms with Gasteiger partial charge in [-0.2, -0.15) is 0 Å². The second kappa shape index (κ2) is 12.3. The molecule has 11 rings (SSSR count). The van der Waals surface area contributed by atoms with Gasteiger partial charge in [0.25, 0.3) is 0 Å². The zero-order valence-electron chi connectivity index (χ0n) is 31.0. The molecule has 7 heteroatoms. The number of hydrogen-bond donors (Lipinski definition) is 0. The zero-order chi connectivity index (χ0) is 37.5. The van der Waals surface area contributed by atoms with Crippen LogP contribution in [0.2, 0.25) is 0 Å². The van der Waals surface area contributed by atoms with E-state index in [0.717, 1.165) is 88.7 Å². The van der Waals surface area contributed by atoms with Crippen molar-refractivity contribution in [1.82, 2.24) is 28.7 Å². The van der Waals surface area contributed by atoms with Gasteiger partial charge in [-0.15, -0.1) is 0 Å². The average Bonchev–Trinajstić information content (AvgIpc) is 3.85. The number of aryl methyl sites for hydroxylation is 3. The predicted octanol–water partition coefficient (Wildman–Crippen LogP) is 12.1. The molecular weight excluding hydrogens is 689 g/mol. The van der Waals surface area contributed by atoms with Gasteiger partial charge in [0.05, 0.1) is 28.1 Å². The standard InChI is InChI=1S/C49H34N6O/c1-29-24-30(2)43(31(3)25-29)41-28-54-47-38(16-10-23-51-47)36-20-18-34(26-39(36)48(54)52-41)56-35-19-21-37-40(27-35)49-53-44(32-12-6-4-7-13-32)46(33-14-8-5-9-15-33)55(49)42-17-11-22-50-45(37)42/h4-28H,1-3H3. The molecule has 0 radical (unpaired) electrons. The van der Waals surface area contributed by atoms with E-state index in [1.807, 2.05) is 48.8 Å². The lowest BCUT2D eigenvalue weighted by Crippen LogP contribution is -1.96. The second-order valence-electron chi connectivity index (χ2n) is 14.6. The molecule has 0 bridgehead atoms. The summed E-state index contributed by atoms with van der Waals surface area (Å²) in [6, 6.07) is 46.0. The molecule has 0 aliphatic carbocycles. The molecule has 0 aliphatic heterocycles. The highest BCUT2D eigenvalue weighted by molar-refractivity contribution is 6.13. The van der Waals surface area contributed by atoms with Crippen molar-refractivity contribution in [2.24, 2.45) is 0 Å². The highest BCUT2D eigenvalue weighted by Gasteiger charge is 2.22. The van der Waals surface area contributed by atoms with Crippen molar-refractivity contribution in [2.45, 2.75) is 20.8 Å². The molecule has 0 fully saturated rings. The van der Waals surface area contributed by atoms with E-state index in [0.29, 0.717) is 11.5 Å². The van der Waals surface area contributed by atoms with Crippen LogP contribution in [-0.4, -0.2) is 28.7 Å². The molecule has 11 aromatic rings. The minimum Gasteiger partial charge on any atom is -0.457 e. The molecule has 0 amide bonds. The van der Waals surface area contributed by atoms with Crippen molar-refractivity contribution in [3.8, 4) is 45.3 Å². The molecule has 266 valence electrons. The molecule has 7 nitrogen and oxygen atoms in total. The van der Waals surface area contributed by atoms with Crippen molar-refractivity contribution in [3.63, 3.8) is 0 Å². The lowest BCUT2D eigenvalue weighted by molar-refractivity contribution is 0.484. The lowest BCUT2D eigenvalue weighted by Gasteiger charge is -2.13. The van der Waals surface area contributed by atoms with E-state index in [4.69, 9.17) is 24.7 Å². The summed E-state index contributed by atoms with van der Waals surface area (Å²) in [6.07, 6.45) is 5.81. The number of aromatic nitrogens is 6. The van der Waals surface area contributed by atoms with E-state index >= 15 is 0 Å². The smallest absolute Gasteiger partial charge is 0.147 e. The third-order valence-corrected chi connectivity index (χ3v) is 10.9. The van der Waals surface area contributed by atoms with Crippen LogP contribution < -0.4 is 4.74 Å². The van der Waals surface area contributed by atoms with Gasteiger partial charge in [-0.25, -0.2) is 15.0 Å². The maximum absolute atomic E-state index is 6.76. The first-order valence-corrected chi connectivity index (χ1v) is 18.8. The van der Waals surface area contributed by atoms with Crippen molar-refractivity contribution in [2.75, 3.05) is 0 Å². The Kier molecular flexibility index (Phi) is 7.06. The highest BCUT2D eigenvalue weighted by Crippen LogP contribution is 2.41. The van der Waals surface area contributed by atoms with Gasteiger partial charge in [-0.05, 0) is 97.9 Å². The Balaban J connectivity index is 1.11. The van der Waals surface area contributed by atoms with Crippen LogP contribution in [0, 0.1) is 20.8 Å². The van der Waals surface area contributed by atoms with Gasteiger partial charge in [-0.3, -0.25) is 13.8 Å². The third-order valence-electron chi connectivity index (χ3n) is 10.9. The Bertz CT molecular complexity index is 3340. The topological polar surface area (TPSA) is 69.6 Å². The SMILES string of the molecule is Cc1cc(C)c(-c2cn3c4ncccc4c4ccc(Oc5ccc6c(c5)c5nc(-c7ccccc7)c(-c7ccccc7)n5c5cccnc65)cc4c3n2)c(C)c1. The van der Waals surface area contributed by atoms with Gasteiger partial charge in [0, 0.05) is 56.8 Å². The van der Waals surface area contributed by atoms with Crippen molar-refractivity contribution in [1.29, 1.82) is 0 Å². The van der Waals surface area contributed by atoms with Crippen LogP contribution in [0.1, 0.15) is 16.7 Å². The second-order valence-corrected chi connectivity index (χ2v) is 14.6. The van der Waals surface area contributed by atoms with Crippen LogP contribution in [0.25, 0.3) is 88.7 Å². The van der Waals surface area contributed by atoms with Gasteiger partial charge in [0.2, 0.25) is 0 Å². The van der Waals surface area contributed by atoms with Gasteiger partial charge in [0.15, 0.2) is 0 Å². The predicted molar refractivity (Wildman–Crippen MR) is 227 cm³/mol. The Morgan fingerprint density at radius 1 is 0.518 bits per heavy atom. The fourth-order valence-electron chi connectivity index (χ4n) is 8.64. The summed E-state index contributed by atoms with van der Waals surface area (Å²) in [5.74, 6) is 1.41. The van der Waals surface area contributed by atoms with Crippen LogP contribution >= 0.6 is 0 Å². The zero-order valence-corrected chi connectivity index (χ0v) is 31.0. The molecule has 0 spiro atoms. The van der Waals surface area contributed by atoms with Crippen LogP contribution in [0.3, 0.4) is 0 Å². The van der Waals surface area contributed by atoms with Gasteiger partial charge >= 0.3 is 0 Å². The van der Waals surface area contributed by atoms with Crippen molar-refractivity contribution < 1.29 is 4.74 Å². The van der Waals surface area contributed by atoms with Crippen molar-refractivity contribution >= 4 is 54.9 Å². The summed E-state index contributed by atoms with van der Waals surface area (Å²) >= 11 is 0. The van der Waals surface area contributed by atoms with E-state index in [9.17, 15) is 0 Å². The molecule has 0 saturated carbocycles. The summed E-state index contributed by atoms with van der Waals surface area (Å²) in [7, 11) is 0. The normalized spacial score (nSPS) is 11.8. The Hall–Kier alpha value is -7.38. The summed E-state index contributed by atoms with van der Waals surface area (Å²) in [5.41, 5.74) is 14.2. The number of fused-ring (bicyclic) bond motifs is 12. The molecule has 0 aliphatic rings. The average molecular weight is 723 g/mol. The van der Waals surface area contributed by atoms with Gasteiger partial charge < -0.3 is 4.74 Å². The van der Waals surface area contributed by atoms with E-state index in [2.05, 4.69) is 133 Å². The third kappa shape index (κ3) is 4.91. The number of imidazole rings is 2. The molecule has 0 saturated heterocycles. The molecule has 0 unspecified atom stereocenters. The van der Waals surface area contributed by atoms with E-state index in [-0.39, 0.29) is 0 Å². The first kappa shape index (κ1) is 32.1. The minimum atomic E-state index is 0.702. The minimum absolute atomic E-state index is 0.702. The first-order valence-electron chi connectivity index (χ1n) is 18.8. The molecular formula is C49H34N6O. The van der Waals surface area contributed by atoms with Crippen LogP contribution in [0.4, 0.5) is 0 Å². The van der Waals surface area contributed by atoms with E-state index < -0.39 is 0 Å². The number of pyridine rings is 4. The maximum Gasteiger partial charge on any atom is 0.147 e. The molecule has 6 aromatic heterocycles. The quantitative estimate of drug-likeness (QED) is 0.165. The van der Waals surface area contributed by atoms with E-state index in [1.54, 1.807) is 0 Å². The van der Waals surface area contributed by atoms with Crippen LogP contribution in [0.5, 0.6) is 11.5 Å². The van der Waals surface area contributed by atoms with Crippen molar-refractivity contribution in [3.05, 3.63) is 169 Å². The Labute approximate surface area is 322 Å². The van der Waals surface area contributed by atoms with E-state index in [1.165, 1.54) is 16.7 Å². The number of hydrogen-bond acceptors (Lipinski definition) is 5. The van der Waals surface area contributed by atoms with Crippen LogP contribution in [-0.2, 0) is 0 Å². The monoisotopic (exact) mass is 722 g/mol. The summed E-state index contributed by atoms with van der Waals surface area (Å²) in [6.45, 7) is 6.45. The molecule has 56 heavy (non-hydrogen) atoms. The number of rotatable bonds is 5. The fourth-order valence-corrected chi connectivity index (χ4v) is 8.64. The van der Waals surface area contributed by atoms with Crippen LogP contribution in [0.15, 0.2) is 152 Å².